The highest BCUT2D eigenvalue weighted by Gasteiger charge is 2.06. The molecule has 0 aliphatic carbocycles. The van der Waals surface area contributed by atoms with Crippen molar-refractivity contribution >= 4 is 23.5 Å². The number of aliphatic imine (C=N–C) groups is 1. The summed E-state index contributed by atoms with van der Waals surface area (Å²) in [6.45, 7) is 3.96. The summed E-state index contributed by atoms with van der Waals surface area (Å²) < 4.78 is 13.5. The van der Waals surface area contributed by atoms with Crippen molar-refractivity contribution in [3.8, 4) is 0 Å². The standard InChI is InChI=1S/C20H28FN5S/c1-5-22-20(24-12-15-8-9-23-19(10-15)26(2)3)25-13-16-6-7-18(21)11-17(16)14-27-4/h6-11H,5,12-14H2,1-4H3,(H2,22,24,25). The molecular formula is C20H28FN5S. The minimum Gasteiger partial charge on any atom is -0.363 e. The summed E-state index contributed by atoms with van der Waals surface area (Å²) >= 11 is 1.68. The second kappa shape index (κ2) is 10.8. The van der Waals surface area contributed by atoms with Crippen LogP contribution in [0.1, 0.15) is 23.6 Å². The van der Waals surface area contributed by atoms with E-state index in [2.05, 4.69) is 20.6 Å². The van der Waals surface area contributed by atoms with Gasteiger partial charge in [0.15, 0.2) is 5.96 Å². The van der Waals surface area contributed by atoms with Crippen LogP contribution in [0, 0.1) is 5.82 Å². The van der Waals surface area contributed by atoms with Crippen LogP contribution >= 0.6 is 11.8 Å². The predicted octanol–water partition coefficient (Wildman–Crippen LogP) is 3.41. The van der Waals surface area contributed by atoms with Gasteiger partial charge in [0.2, 0.25) is 0 Å². The third-order valence-electron chi connectivity index (χ3n) is 3.95. The van der Waals surface area contributed by atoms with Gasteiger partial charge < -0.3 is 15.5 Å². The Morgan fingerprint density at radius 3 is 2.70 bits per heavy atom. The molecule has 2 rings (SSSR count). The molecule has 0 aliphatic heterocycles. The van der Waals surface area contributed by atoms with E-state index in [4.69, 9.17) is 0 Å². The first-order valence-electron chi connectivity index (χ1n) is 8.94. The van der Waals surface area contributed by atoms with Crippen molar-refractivity contribution in [1.29, 1.82) is 0 Å². The third-order valence-corrected chi connectivity index (χ3v) is 4.55. The van der Waals surface area contributed by atoms with E-state index in [1.165, 1.54) is 6.07 Å². The monoisotopic (exact) mass is 389 g/mol. The van der Waals surface area contributed by atoms with Crippen molar-refractivity contribution in [3.05, 3.63) is 59.0 Å². The van der Waals surface area contributed by atoms with Crippen LogP contribution in [0.25, 0.3) is 0 Å². The molecule has 27 heavy (non-hydrogen) atoms. The van der Waals surface area contributed by atoms with E-state index < -0.39 is 0 Å². The lowest BCUT2D eigenvalue weighted by Gasteiger charge is -2.14. The Balaban J connectivity index is 2.07. The number of pyridine rings is 1. The van der Waals surface area contributed by atoms with Gasteiger partial charge in [0.05, 0.1) is 6.54 Å². The quantitative estimate of drug-likeness (QED) is 0.535. The van der Waals surface area contributed by atoms with Gasteiger partial charge >= 0.3 is 0 Å². The van der Waals surface area contributed by atoms with Crippen LogP contribution in [0.3, 0.4) is 0 Å². The van der Waals surface area contributed by atoms with E-state index in [1.807, 2.05) is 50.4 Å². The number of benzene rings is 1. The highest BCUT2D eigenvalue weighted by atomic mass is 32.2. The van der Waals surface area contributed by atoms with Crippen molar-refractivity contribution < 1.29 is 4.39 Å². The summed E-state index contributed by atoms with van der Waals surface area (Å²) in [6.07, 6.45) is 3.82. The molecule has 0 aliphatic rings. The third kappa shape index (κ3) is 6.75. The van der Waals surface area contributed by atoms with E-state index >= 15 is 0 Å². The highest BCUT2D eigenvalue weighted by molar-refractivity contribution is 7.97. The van der Waals surface area contributed by atoms with Gasteiger partial charge in [-0.2, -0.15) is 11.8 Å². The second-order valence-corrected chi connectivity index (χ2v) is 7.18. The number of aromatic nitrogens is 1. The lowest BCUT2D eigenvalue weighted by atomic mass is 10.1. The first kappa shape index (κ1) is 21.0. The van der Waals surface area contributed by atoms with E-state index in [0.717, 1.165) is 40.8 Å². The molecule has 0 atom stereocenters. The van der Waals surface area contributed by atoms with Crippen molar-refractivity contribution in [2.24, 2.45) is 4.99 Å². The van der Waals surface area contributed by atoms with Crippen LogP contribution < -0.4 is 15.5 Å². The highest BCUT2D eigenvalue weighted by Crippen LogP contribution is 2.16. The summed E-state index contributed by atoms with van der Waals surface area (Å²) in [7, 11) is 3.94. The summed E-state index contributed by atoms with van der Waals surface area (Å²) in [4.78, 5) is 11.0. The number of halogens is 1. The lowest BCUT2D eigenvalue weighted by Crippen LogP contribution is -2.37. The number of rotatable bonds is 8. The number of nitrogens with one attached hydrogen (secondary N) is 2. The molecule has 2 aromatic rings. The molecule has 0 unspecified atom stereocenters. The molecule has 0 saturated carbocycles. The number of guanidine groups is 1. The summed E-state index contributed by atoms with van der Waals surface area (Å²) in [5.41, 5.74) is 3.18. The topological polar surface area (TPSA) is 52.6 Å². The number of nitrogens with zero attached hydrogens (tertiary/aromatic N) is 3. The molecule has 5 nitrogen and oxygen atoms in total. The maximum Gasteiger partial charge on any atom is 0.191 e. The minimum atomic E-state index is -0.197. The average Bonchev–Trinajstić information content (AvgIpc) is 2.65. The van der Waals surface area contributed by atoms with Crippen molar-refractivity contribution in [3.63, 3.8) is 0 Å². The molecule has 0 saturated heterocycles. The first-order chi connectivity index (χ1) is 13.0. The number of hydrogen-bond acceptors (Lipinski definition) is 4. The summed E-state index contributed by atoms with van der Waals surface area (Å²) in [6, 6.07) is 8.95. The van der Waals surface area contributed by atoms with Crippen LogP contribution in [0.5, 0.6) is 0 Å². The van der Waals surface area contributed by atoms with E-state index in [1.54, 1.807) is 24.0 Å². The molecule has 1 aromatic heterocycles. The van der Waals surface area contributed by atoms with Crippen LogP contribution in [-0.4, -0.2) is 37.8 Å². The molecule has 7 heteroatoms. The molecule has 146 valence electrons. The van der Waals surface area contributed by atoms with E-state index in [0.29, 0.717) is 13.1 Å². The number of anilines is 1. The van der Waals surface area contributed by atoms with Gasteiger partial charge in [0.25, 0.3) is 0 Å². The molecule has 2 N–H and O–H groups in total. The van der Waals surface area contributed by atoms with Gasteiger partial charge in [-0.3, -0.25) is 0 Å². The fourth-order valence-corrected chi connectivity index (χ4v) is 3.13. The van der Waals surface area contributed by atoms with Crippen LogP contribution in [0.2, 0.25) is 0 Å². The molecule has 0 spiro atoms. The Kier molecular flexibility index (Phi) is 8.39. The van der Waals surface area contributed by atoms with E-state index in [9.17, 15) is 4.39 Å². The molecule has 0 fully saturated rings. The molecule has 0 bridgehead atoms. The Morgan fingerprint density at radius 1 is 1.19 bits per heavy atom. The van der Waals surface area contributed by atoms with Crippen molar-refractivity contribution in [2.75, 3.05) is 31.8 Å². The second-order valence-electron chi connectivity index (χ2n) is 6.31. The largest absolute Gasteiger partial charge is 0.363 e. The van der Waals surface area contributed by atoms with Gasteiger partial charge in [-0.25, -0.2) is 14.4 Å². The van der Waals surface area contributed by atoms with Crippen LogP contribution in [0.4, 0.5) is 10.2 Å². The normalized spacial score (nSPS) is 11.4. The Labute approximate surface area is 165 Å². The summed E-state index contributed by atoms with van der Waals surface area (Å²) in [5.74, 6) is 2.24. The fraction of sp³-hybridized carbons (Fsp3) is 0.400. The zero-order valence-corrected chi connectivity index (χ0v) is 17.2. The average molecular weight is 390 g/mol. The van der Waals surface area contributed by atoms with Gasteiger partial charge in [-0.05, 0) is 54.1 Å². The maximum atomic E-state index is 13.5. The zero-order chi connectivity index (χ0) is 19.6. The van der Waals surface area contributed by atoms with Crippen LogP contribution in [0.15, 0.2) is 41.5 Å². The SMILES string of the molecule is CCNC(=NCc1ccnc(N(C)C)c1)NCc1ccc(F)cc1CSC. The van der Waals surface area contributed by atoms with Gasteiger partial charge in [-0.15, -0.1) is 0 Å². The Bertz CT molecular complexity index is 764. The Morgan fingerprint density at radius 2 is 2.00 bits per heavy atom. The molecule has 0 amide bonds. The lowest BCUT2D eigenvalue weighted by molar-refractivity contribution is 0.625. The zero-order valence-electron chi connectivity index (χ0n) is 16.4. The molecule has 0 radical (unpaired) electrons. The van der Waals surface area contributed by atoms with Crippen molar-refractivity contribution in [1.82, 2.24) is 15.6 Å². The smallest absolute Gasteiger partial charge is 0.191 e. The number of hydrogen-bond donors (Lipinski definition) is 2. The van der Waals surface area contributed by atoms with Crippen molar-refractivity contribution in [2.45, 2.75) is 25.8 Å². The maximum absolute atomic E-state index is 13.5. The van der Waals surface area contributed by atoms with Crippen LogP contribution in [-0.2, 0) is 18.8 Å². The first-order valence-corrected chi connectivity index (χ1v) is 10.3. The fourth-order valence-electron chi connectivity index (χ4n) is 2.55. The van der Waals surface area contributed by atoms with Gasteiger partial charge in [-0.1, -0.05) is 6.07 Å². The van der Waals surface area contributed by atoms with E-state index in [-0.39, 0.29) is 5.82 Å². The van der Waals surface area contributed by atoms with Gasteiger partial charge in [0.1, 0.15) is 11.6 Å². The molecule has 1 aromatic carbocycles. The number of thioether (sulfide) groups is 1. The summed E-state index contributed by atoms with van der Waals surface area (Å²) in [5, 5.41) is 6.60. The Hall–Kier alpha value is -2.28. The minimum absolute atomic E-state index is 0.197. The van der Waals surface area contributed by atoms with Gasteiger partial charge in [0, 0.05) is 39.1 Å². The molecular weight excluding hydrogens is 361 g/mol. The predicted molar refractivity (Wildman–Crippen MR) is 114 cm³/mol. The molecule has 1 heterocycles.